The fraction of sp³-hybridized carbons (Fsp3) is 1.00. The molecule has 3 rings (SSSR count). The molecule has 19 heavy (non-hydrogen) atoms. The molecular weight excluding hydrogens is 258 g/mol. The van der Waals surface area contributed by atoms with E-state index in [2.05, 4.69) is 5.32 Å². The molecule has 2 aliphatic heterocycles. The Labute approximate surface area is 120 Å². The summed E-state index contributed by atoms with van der Waals surface area (Å²) >= 11 is 2.04. The third kappa shape index (κ3) is 3.29. The molecule has 110 valence electrons. The van der Waals surface area contributed by atoms with Crippen LogP contribution in [0.5, 0.6) is 0 Å². The number of aliphatic hydroxyl groups is 1. The Kier molecular flexibility index (Phi) is 4.73. The lowest BCUT2D eigenvalue weighted by Gasteiger charge is -2.41. The van der Waals surface area contributed by atoms with Gasteiger partial charge in [-0.2, -0.15) is 11.8 Å². The summed E-state index contributed by atoms with van der Waals surface area (Å²) in [6.45, 7) is 1.26. The van der Waals surface area contributed by atoms with Crippen molar-refractivity contribution in [2.75, 3.05) is 24.7 Å². The quantitative estimate of drug-likeness (QED) is 0.834. The summed E-state index contributed by atoms with van der Waals surface area (Å²) in [5, 5.41) is 13.4. The molecular formula is C15H27NO2S. The average molecular weight is 285 g/mol. The van der Waals surface area contributed by atoms with E-state index in [0.717, 1.165) is 13.0 Å². The van der Waals surface area contributed by atoms with Crippen LogP contribution in [0.25, 0.3) is 0 Å². The van der Waals surface area contributed by atoms with Gasteiger partial charge in [0.15, 0.2) is 0 Å². The van der Waals surface area contributed by atoms with Gasteiger partial charge in [0.05, 0.1) is 5.60 Å². The zero-order chi connectivity index (χ0) is 13.1. The van der Waals surface area contributed by atoms with Crippen LogP contribution in [0.15, 0.2) is 0 Å². The predicted octanol–water partition coefficient (Wildman–Crippen LogP) is 2.18. The van der Waals surface area contributed by atoms with Crippen LogP contribution in [0.2, 0.25) is 0 Å². The molecule has 1 spiro atoms. The van der Waals surface area contributed by atoms with Gasteiger partial charge < -0.3 is 15.2 Å². The van der Waals surface area contributed by atoms with Crippen molar-refractivity contribution < 1.29 is 9.84 Å². The highest BCUT2D eigenvalue weighted by Gasteiger charge is 2.41. The van der Waals surface area contributed by atoms with Crippen molar-refractivity contribution in [1.29, 1.82) is 0 Å². The SMILES string of the molecule is OCC1CCCCC1NC1CCOC2(CCSC2)C1. The van der Waals surface area contributed by atoms with Gasteiger partial charge in [0.2, 0.25) is 0 Å². The van der Waals surface area contributed by atoms with Gasteiger partial charge in [0, 0.05) is 31.1 Å². The highest BCUT2D eigenvalue weighted by molar-refractivity contribution is 7.99. The van der Waals surface area contributed by atoms with Crippen molar-refractivity contribution >= 4 is 11.8 Å². The summed E-state index contributed by atoms with van der Waals surface area (Å²) in [4.78, 5) is 0. The van der Waals surface area contributed by atoms with Gasteiger partial charge in [-0.3, -0.25) is 0 Å². The smallest absolute Gasteiger partial charge is 0.0795 e. The molecule has 2 heterocycles. The van der Waals surface area contributed by atoms with Crippen molar-refractivity contribution in [3.63, 3.8) is 0 Å². The Morgan fingerprint density at radius 3 is 2.95 bits per heavy atom. The largest absolute Gasteiger partial charge is 0.396 e. The van der Waals surface area contributed by atoms with E-state index in [9.17, 15) is 5.11 Å². The highest BCUT2D eigenvalue weighted by Crippen LogP contribution is 2.38. The molecule has 3 nitrogen and oxygen atoms in total. The van der Waals surface area contributed by atoms with Gasteiger partial charge in [-0.05, 0) is 43.8 Å². The molecule has 2 N–H and O–H groups in total. The van der Waals surface area contributed by atoms with E-state index in [0.29, 0.717) is 24.6 Å². The number of rotatable bonds is 3. The van der Waals surface area contributed by atoms with E-state index < -0.39 is 0 Å². The number of thioether (sulfide) groups is 1. The molecule has 0 aromatic carbocycles. The van der Waals surface area contributed by atoms with Crippen LogP contribution in [0.3, 0.4) is 0 Å². The van der Waals surface area contributed by atoms with Gasteiger partial charge >= 0.3 is 0 Å². The van der Waals surface area contributed by atoms with Gasteiger partial charge in [-0.1, -0.05) is 12.8 Å². The van der Waals surface area contributed by atoms with Crippen LogP contribution in [-0.4, -0.2) is 47.5 Å². The molecule has 0 amide bonds. The average Bonchev–Trinajstić information content (AvgIpc) is 2.87. The molecule has 0 aromatic heterocycles. The minimum absolute atomic E-state index is 0.171. The Balaban J connectivity index is 1.56. The number of nitrogens with one attached hydrogen (secondary N) is 1. The summed E-state index contributed by atoms with van der Waals surface area (Å²) in [6.07, 6.45) is 8.58. The predicted molar refractivity (Wildman–Crippen MR) is 79.6 cm³/mol. The zero-order valence-corrected chi connectivity index (χ0v) is 12.6. The van der Waals surface area contributed by atoms with Crippen LogP contribution >= 0.6 is 11.8 Å². The van der Waals surface area contributed by atoms with E-state index in [4.69, 9.17) is 4.74 Å². The molecule has 0 bridgehead atoms. The van der Waals surface area contributed by atoms with Crippen LogP contribution in [0.4, 0.5) is 0 Å². The van der Waals surface area contributed by atoms with Crippen molar-refractivity contribution in [3.8, 4) is 0 Å². The maximum atomic E-state index is 9.53. The number of aliphatic hydroxyl groups excluding tert-OH is 1. The second-order valence-corrected chi connectivity index (χ2v) is 7.63. The molecule has 4 atom stereocenters. The summed E-state index contributed by atoms with van der Waals surface area (Å²) < 4.78 is 6.09. The third-order valence-electron chi connectivity index (χ3n) is 5.15. The Hall–Kier alpha value is 0.230. The van der Waals surface area contributed by atoms with E-state index >= 15 is 0 Å². The Morgan fingerprint density at radius 2 is 2.16 bits per heavy atom. The van der Waals surface area contributed by atoms with Gasteiger partial charge in [0.1, 0.15) is 0 Å². The van der Waals surface area contributed by atoms with Crippen LogP contribution < -0.4 is 5.32 Å². The first kappa shape index (κ1) is 14.2. The second kappa shape index (κ2) is 6.33. The van der Waals surface area contributed by atoms with Crippen molar-refractivity contribution in [2.45, 2.75) is 62.6 Å². The fourth-order valence-corrected chi connectivity index (χ4v) is 5.36. The standard InChI is InChI=1S/C15H27NO2S/c17-10-12-3-1-2-4-14(12)16-13-5-7-18-15(9-13)6-8-19-11-15/h12-14,16-17H,1-11H2. The van der Waals surface area contributed by atoms with Crippen LogP contribution in [-0.2, 0) is 4.74 Å². The minimum atomic E-state index is 0.171. The molecule has 4 unspecified atom stereocenters. The molecule has 3 fully saturated rings. The molecule has 2 saturated heterocycles. The van der Waals surface area contributed by atoms with Crippen molar-refractivity contribution in [1.82, 2.24) is 5.32 Å². The molecule has 3 aliphatic rings. The summed E-state index contributed by atoms with van der Waals surface area (Å²) in [7, 11) is 0. The number of hydrogen-bond acceptors (Lipinski definition) is 4. The second-order valence-electron chi connectivity index (χ2n) is 6.52. The van der Waals surface area contributed by atoms with Crippen molar-refractivity contribution in [3.05, 3.63) is 0 Å². The summed E-state index contributed by atoms with van der Waals surface area (Å²) in [6, 6.07) is 1.14. The molecule has 1 saturated carbocycles. The molecule has 0 aromatic rings. The van der Waals surface area contributed by atoms with Gasteiger partial charge in [-0.15, -0.1) is 0 Å². The lowest BCUT2D eigenvalue weighted by molar-refractivity contribution is -0.0730. The van der Waals surface area contributed by atoms with Crippen molar-refractivity contribution in [2.24, 2.45) is 5.92 Å². The lowest BCUT2D eigenvalue weighted by Crippen LogP contribution is -2.52. The molecule has 0 radical (unpaired) electrons. The number of ether oxygens (including phenoxy) is 1. The van der Waals surface area contributed by atoms with Gasteiger partial charge in [0.25, 0.3) is 0 Å². The van der Waals surface area contributed by atoms with Crippen LogP contribution in [0.1, 0.15) is 44.9 Å². The first-order valence-electron chi connectivity index (χ1n) is 7.90. The Morgan fingerprint density at radius 1 is 1.26 bits per heavy atom. The highest BCUT2D eigenvalue weighted by atomic mass is 32.2. The molecule has 4 heteroatoms. The normalized spacial score (nSPS) is 43.7. The van der Waals surface area contributed by atoms with E-state index in [1.807, 2.05) is 11.8 Å². The first-order valence-corrected chi connectivity index (χ1v) is 9.05. The zero-order valence-electron chi connectivity index (χ0n) is 11.8. The topological polar surface area (TPSA) is 41.5 Å². The third-order valence-corrected chi connectivity index (χ3v) is 6.38. The van der Waals surface area contributed by atoms with Crippen LogP contribution in [0, 0.1) is 5.92 Å². The maximum Gasteiger partial charge on any atom is 0.0795 e. The summed E-state index contributed by atoms with van der Waals surface area (Å²) in [5.74, 6) is 2.92. The lowest BCUT2D eigenvalue weighted by atomic mass is 9.83. The van der Waals surface area contributed by atoms with E-state index in [1.54, 1.807) is 0 Å². The number of hydrogen-bond donors (Lipinski definition) is 2. The van der Waals surface area contributed by atoms with Gasteiger partial charge in [-0.25, -0.2) is 0 Å². The first-order chi connectivity index (χ1) is 9.31. The fourth-order valence-electron chi connectivity index (χ4n) is 3.98. The maximum absolute atomic E-state index is 9.53. The minimum Gasteiger partial charge on any atom is -0.396 e. The summed E-state index contributed by atoms with van der Waals surface area (Å²) in [5.41, 5.74) is 0.171. The Bertz CT molecular complexity index is 294. The molecule has 1 aliphatic carbocycles. The van der Waals surface area contributed by atoms with E-state index in [1.165, 1.54) is 50.0 Å². The monoisotopic (exact) mass is 285 g/mol. The van der Waals surface area contributed by atoms with E-state index in [-0.39, 0.29) is 5.60 Å².